The maximum atomic E-state index is 14.3. The van der Waals surface area contributed by atoms with Crippen molar-refractivity contribution in [3.05, 3.63) is 94.5 Å². The fourth-order valence-corrected chi connectivity index (χ4v) is 5.01. The van der Waals surface area contributed by atoms with Crippen LogP contribution in [0.2, 0.25) is 0 Å². The molecule has 1 aliphatic heterocycles. The molecule has 0 bridgehead atoms. The average molecular weight is 550 g/mol. The number of benzene rings is 1. The molecule has 5 heterocycles. The molecule has 1 aliphatic rings. The highest BCUT2D eigenvalue weighted by Gasteiger charge is 2.28. The van der Waals surface area contributed by atoms with Crippen LogP contribution < -0.4 is 5.69 Å². The van der Waals surface area contributed by atoms with Crippen molar-refractivity contribution in [2.45, 2.75) is 31.9 Å². The van der Waals surface area contributed by atoms with E-state index in [0.29, 0.717) is 53.8 Å². The lowest BCUT2D eigenvalue weighted by molar-refractivity contribution is 0.0694. The quantitative estimate of drug-likeness (QED) is 0.311. The number of likely N-dealkylation sites (tertiary alicyclic amines) is 1. The summed E-state index contributed by atoms with van der Waals surface area (Å²) in [6, 6.07) is 10.6. The number of pyridine rings is 2. The number of fused-ring (bicyclic) bond motifs is 1. The predicted octanol–water partition coefficient (Wildman–Crippen LogP) is 4.25. The van der Waals surface area contributed by atoms with Crippen LogP contribution in [-0.2, 0) is 6.54 Å². The van der Waals surface area contributed by atoms with Gasteiger partial charge in [-0.25, -0.2) is 9.18 Å². The van der Waals surface area contributed by atoms with E-state index in [4.69, 9.17) is 4.42 Å². The summed E-state index contributed by atoms with van der Waals surface area (Å²) in [6.07, 6.45) is 2.77. The fraction of sp³-hybridized carbons (Fsp3) is 0.259. The van der Waals surface area contributed by atoms with Crippen LogP contribution in [-0.4, -0.2) is 53.2 Å². The largest absolute Gasteiger partial charge is 0.415 e. The Balaban J connectivity index is 1.25. The van der Waals surface area contributed by atoms with Crippen molar-refractivity contribution in [3.63, 3.8) is 0 Å². The molecule has 5 aromatic rings. The zero-order valence-corrected chi connectivity index (χ0v) is 21.0. The molecule has 40 heavy (non-hydrogen) atoms. The van der Waals surface area contributed by atoms with Crippen LogP contribution >= 0.6 is 0 Å². The molecule has 0 N–H and O–H groups in total. The molecule has 6 rings (SSSR count). The van der Waals surface area contributed by atoms with Gasteiger partial charge in [-0.05, 0) is 55.3 Å². The van der Waals surface area contributed by atoms with E-state index in [1.54, 1.807) is 52.2 Å². The Bertz CT molecular complexity index is 1720. The number of hydrogen-bond acceptors (Lipinski definition) is 7. The normalized spacial score (nSPS) is 14.3. The van der Waals surface area contributed by atoms with Gasteiger partial charge in [0.25, 0.3) is 11.8 Å². The van der Waals surface area contributed by atoms with Gasteiger partial charge in [0.2, 0.25) is 5.89 Å². The molecule has 0 spiro atoms. The van der Waals surface area contributed by atoms with E-state index in [-0.39, 0.29) is 30.1 Å². The Morgan fingerprint density at radius 1 is 1.02 bits per heavy atom. The van der Waals surface area contributed by atoms with Crippen molar-refractivity contribution < 1.29 is 22.4 Å². The first-order valence-corrected chi connectivity index (χ1v) is 12.6. The van der Waals surface area contributed by atoms with E-state index in [1.807, 2.05) is 0 Å². The average Bonchev–Trinajstić information content (AvgIpc) is 3.57. The number of carbonyl (C=O) groups is 1. The molecule has 0 atom stereocenters. The first kappa shape index (κ1) is 25.5. The maximum Gasteiger partial charge on any atom is 0.329 e. The minimum Gasteiger partial charge on any atom is -0.415 e. The number of hydrogen-bond donors (Lipinski definition) is 0. The molecule has 0 radical (unpaired) electrons. The monoisotopic (exact) mass is 549 g/mol. The molecule has 4 aromatic heterocycles. The van der Waals surface area contributed by atoms with Crippen LogP contribution in [0.1, 0.15) is 47.3 Å². The van der Waals surface area contributed by atoms with Gasteiger partial charge in [0.1, 0.15) is 5.82 Å². The molecular weight excluding hydrogens is 527 g/mol. The van der Waals surface area contributed by atoms with E-state index in [9.17, 15) is 22.8 Å². The van der Waals surface area contributed by atoms with Crippen molar-refractivity contribution in [1.29, 1.82) is 0 Å². The summed E-state index contributed by atoms with van der Waals surface area (Å²) in [5, 5.41) is 6.92. The summed E-state index contributed by atoms with van der Waals surface area (Å²) >= 11 is 0. The number of imidazole rings is 1. The van der Waals surface area contributed by atoms with Crippen LogP contribution in [0.3, 0.4) is 0 Å². The SMILES string of the molecule is O=C(c1ccncc1)N1CCC(n2c(=O)n(Cc3ccc(-c4nnc(C(F)F)o4)cn3)c3cc(F)ccc32)CC1. The van der Waals surface area contributed by atoms with Gasteiger partial charge < -0.3 is 9.32 Å². The highest BCUT2D eigenvalue weighted by atomic mass is 19.3. The fourth-order valence-electron chi connectivity index (χ4n) is 5.01. The van der Waals surface area contributed by atoms with Crippen molar-refractivity contribution >= 4 is 16.9 Å². The number of amides is 1. The van der Waals surface area contributed by atoms with Gasteiger partial charge in [-0.15, -0.1) is 10.2 Å². The van der Waals surface area contributed by atoms with Crippen LogP contribution in [0.4, 0.5) is 13.2 Å². The minimum atomic E-state index is -2.88. The molecule has 1 aromatic carbocycles. The van der Waals surface area contributed by atoms with Gasteiger partial charge in [-0.2, -0.15) is 8.78 Å². The number of alkyl halides is 2. The smallest absolute Gasteiger partial charge is 0.329 e. The Labute approximate surface area is 224 Å². The Hall–Kier alpha value is -4.81. The lowest BCUT2D eigenvalue weighted by Crippen LogP contribution is -2.41. The molecule has 10 nitrogen and oxygen atoms in total. The molecule has 0 aliphatic carbocycles. The van der Waals surface area contributed by atoms with Gasteiger partial charge in [0, 0.05) is 43.3 Å². The van der Waals surface area contributed by atoms with Crippen molar-refractivity contribution in [2.24, 2.45) is 0 Å². The standard InChI is InChI=1S/C27H22F3N7O3/c28-18-2-4-21-22(13-18)36(15-19-3-1-17(14-32-19)24-33-34-25(40-24)23(29)30)27(39)37(21)20-7-11-35(12-8-20)26(38)16-5-9-31-10-6-16/h1-6,9-10,13-14,20,23H,7-8,11-12,15H2. The van der Waals surface area contributed by atoms with Gasteiger partial charge in [0.15, 0.2) is 0 Å². The molecule has 1 fully saturated rings. The molecule has 1 saturated heterocycles. The third-order valence-corrected chi connectivity index (χ3v) is 6.99. The summed E-state index contributed by atoms with van der Waals surface area (Å²) in [5.41, 5.74) is 2.09. The molecule has 1 amide bonds. The van der Waals surface area contributed by atoms with Crippen LogP contribution in [0.5, 0.6) is 0 Å². The van der Waals surface area contributed by atoms with E-state index < -0.39 is 18.1 Å². The van der Waals surface area contributed by atoms with Crippen molar-refractivity contribution in [1.82, 2.24) is 34.2 Å². The van der Waals surface area contributed by atoms with Crippen LogP contribution in [0, 0.1) is 5.82 Å². The first-order chi connectivity index (χ1) is 19.4. The minimum absolute atomic E-state index is 0.0531. The second-order valence-corrected chi connectivity index (χ2v) is 9.42. The Morgan fingerprint density at radius 2 is 1.80 bits per heavy atom. The highest BCUT2D eigenvalue weighted by Crippen LogP contribution is 2.28. The van der Waals surface area contributed by atoms with Crippen molar-refractivity contribution in [3.8, 4) is 11.5 Å². The summed E-state index contributed by atoms with van der Waals surface area (Å²) in [4.78, 5) is 36.6. The third kappa shape index (κ3) is 4.74. The van der Waals surface area contributed by atoms with Crippen LogP contribution in [0.15, 0.2) is 70.3 Å². The van der Waals surface area contributed by atoms with Gasteiger partial charge in [-0.3, -0.25) is 23.9 Å². The topological polar surface area (TPSA) is 112 Å². The highest BCUT2D eigenvalue weighted by molar-refractivity contribution is 5.94. The molecule has 13 heteroatoms. The number of aromatic nitrogens is 6. The number of piperidine rings is 1. The number of nitrogens with zero attached hydrogens (tertiary/aromatic N) is 7. The molecule has 0 unspecified atom stereocenters. The summed E-state index contributed by atoms with van der Waals surface area (Å²) in [5.74, 6) is -1.45. The van der Waals surface area contributed by atoms with Crippen molar-refractivity contribution in [2.75, 3.05) is 13.1 Å². The molecular formula is C27H22F3N7O3. The second-order valence-electron chi connectivity index (χ2n) is 9.42. The summed E-state index contributed by atoms with van der Waals surface area (Å²) < 4.78 is 47.9. The zero-order valence-electron chi connectivity index (χ0n) is 21.0. The van der Waals surface area contributed by atoms with E-state index in [0.717, 1.165) is 0 Å². The van der Waals surface area contributed by atoms with Crippen LogP contribution in [0.25, 0.3) is 22.5 Å². The predicted molar refractivity (Wildman–Crippen MR) is 136 cm³/mol. The third-order valence-electron chi connectivity index (χ3n) is 6.99. The zero-order chi connectivity index (χ0) is 27.8. The Kier molecular flexibility index (Phi) is 6.62. The Morgan fingerprint density at radius 3 is 2.48 bits per heavy atom. The number of carbonyl (C=O) groups excluding carboxylic acids is 1. The number of halogens is 3. The summed E-state index contributed by atoms with van der Waals surface area (Å²) in [7, 11) is 0. The molecule has 0 saturated carbocycles. The maximum absolute atomic E-state index is 14.3. The van der Waals surface area contributed by atoms with Gasteiger partial charge >= 0.3 is 12.1 Å². The summed E-state index contributed by atoms with van der Waals surface area (Å²) in [6.45, 7) is 0.994. The van der Waals surface area contributed by atoms with E-state index in [1.165, 1.54) is 22.9 Å². The second kappa shape index (κ2) is 10.4. The lowest BCUT2D eigenvalue weighted by atomic mass is 10.0. The van der Waals surface area contributed by atoms with Gasteiger partial charge in [0.05, 0.1) is 28.8 Å². The first-order valence-electron chi connectivity index (χ1n) is 12.6. The van der Waals surface area contributed by atoms with Gasteiger partial charge in [-0.1, -0.05) is 0 Å². The van der Waals surface area contributed by atoms with E-state index in [2.05, 4.69) is 20.2 Å². The van der Waals surface area contributed by atoms with E-state index >= 15 is 0 Å². The molecule has 204 valence electrons. The number of rotatable bonds is 6. The lowest BCUT2D eigenvalue weighted by Gasteiger charge is -2.32.